The number of carbonyl (C=O) groups is 9. The van der Waals surface area contributed by atoms with Crippen molar-refractivity contribution in [1.82, 2.24) is 0 Å². The first-order chi connectivity index (χ1) is 49.3. The average molecular weight is 1480 g/mol. The Morgan fingerprint density at radius 3 is 1.19 bits per heavy atom. The van der Waals surface area contributed by atoms with Gasteiger partial charge in [0.2, 0.25) is 12.2 Å². The molecule has 16 aliphatic rings. The van der Waals surface area contributed by atoms with Crippen LogP contribution in [0.4, 0.5) is 0 Å². The molecule has 2 saturated heterocycles. The topological polar surface area (TPSA) is 257 Å². The molecule has 12 bridgehead atoms. The summed E-state index contributed by atoms with van der Waals surface area (Å²) in [6.45, 7) is 53.6. The molecule has 4 unspecified atom stereocenters. The van der Waals surface area contributed by atoms with E-state index in [4.69, 9.17) is 37.9 Å². The zero-order chi connectivity index (χ0) is 79.0. The van der Waals surface area contributed by atoms with E-state index in [0.717, 1.165) is 81.5 Å². The van der Waals surface area contributed by atoms with Crippen LogP contribution in [0.3, 0.4) is 0 Å². The molecule has 592 valence electrons. The molecule has 19 nitrogen and oxygen atoms in total. The number of aliphatic hydroxyl groups is 1. The third-order valence-electron chi connectivity index (χ3n) is 25.4. The molecule has 16 fully saturated rings. The molecule has 1 N–H and O–H groups in total. The maximum absolute atomic E-state index is 12.1. The summed E-state index contributed by atoms with van der Waals surface area (Å²) < 4.78 is 47.9. The summed E-state index contributed by atoms with van der Waals surface area (Å²) in [6, 6.07) is 0. The zero-order valence-corrected chi connectivity index (χ0v) is 67.1. The Kier molecular flexibility index (Phi) is 28.9. The van der Waals surface area contributed by atoms with Crippen LogP contribution in [0.2, 0.25) is 0 Å². The van der Waals surface area contributed by atoms with Gasteiger partial charge in [-0.1, -0.05) is 80.7 Å². The molecule has 0 aromatic carbocycles. The van der Waals surface area contributed by atoms with E-state index in [1.165, 1.54) is 110 Å². The predicted octanol–water partition coefficient (Wildman–Crippen LogP) is 17.0. The summed E-state index contributed by atoms with van der Waals surface area (Å²) in [5, 5.41) is 10.5. The van der Waals surface area contributed by atoms with Crippen molar-refractivity contribution < 1.29 is 90.9 Å². The van der Waals surface area contributed by atoms with Gasteiger partial charge in [-0.25, -0.2) is 43.2 Å². The van der Waals surface area contributed by atoms with Gasteiger partial charge in [0, 0.05) is 58.3 Å². The standard InChI is InChI=1S/C17H26O2.C15H22O2.C14H20O3.C12H20O2.C11H18O2.C10H14O4.C8H10O4/c1-10(2)16(18)19-17(11(3)4)14-6-12-5-13(8-14)9-15(17)7-12;1-9(2)14(16)17-15(3)12-5-10-4-11(7-12)8-13(15)6-10;1-9(2)12(15)17-14-6-10-3-11(7-14)5-13(16,4-10)8-14;1-9(2)11(13)14-12(10(3)4)7-5-6-8-12;1-4-11(7-5-6-8-11)13-10(12)9(2)3;1-6(2)8(11)13-7-5-10(3,4)14-9(7)12;1-5(2)7(9)12-6-3-4-11-8(6)10/h11-15H,1,5-9H2,2-4H3;10-13H,1,4-8H2,2-3H3;10-11,16H,1,3-8H2,2H3;10H,1,5-8H2,2-4H3;2,4-8H2,1,3H3;7H,1,5H2,2-4H3;6H,1,3-4H2,2H3. The van der Waals surface area contributed by atoms with Crippen molar-refractivity contribution in [3.05, 3.63) is 85.1 Å². The minimum absolute atomic E-state index is 0.171. The summed E-state index contributed by atoms with van der Waals surface area (Å²) in [6.07, 6.45) is 27.5. The number of hydrogen-bond donors (Lipinski definition) is 1. The second-order valence-corrected chi connectivity index (χ2v) is 35.9. The number of carbonyl (C=O) groups excluding carboxylic acids is 9. The van der Waals surface area contributed by atoms with Gasteiger partial charge in [0.1, 0.15) is 33.6 Å². The number of cyclic esters (lactones) is 2. The van der Waals surface area contributed by atoms with Gasteiger partial charge < -0.3 is 47.7 Å². The first kappa shape index (κ1) is 86.6. The van der Waals surface area contributed by atoms with Crippen LogP contribution in [-0.4, -0.2) is 117 Å². The van der Waals surface area contributed by atoms with Crippen LogP contribution in [0.5, 0.6) is 0 Å². The molecular weight excluding hydrogens is 1350 g/mol. The molecule has 0 aromatic heterocycles. The highest BCUT2D eigenvalue weighted by molar-refractivity contribution is 5.91. The molecule has 106 heavy (non-hydrogen) atoms. The van der Waals surface area contributed by atoms with E-state index >= 15 is 0 Å². The Balaban J connectivity index is 0.000000174. The highest BCUT2D eigenvalue weighted by atomic mass is 16.6. The monoisotopic (exact) mass is 1480 g/mol. The zero-order valence-electron chi connectivity index (χ0n) is 67.1. The lowest BCUT2D eigenvalue weighted by atomic mass is 9.47. The number of hydrogen-bond acceptors (Lipinski definition) is 19. The average Bonchev–Trinajstić information content (AvgIpc) is 0.887. The maximum Gasteiger partial charge on any atom is 0.348 e. The Morgan fingerprint density at radius 1 is 0.443 bits per heavy atom. The third-order valence-corrected chi connectivity index (χ3v) is 25.4. The van der Waals surface area contributed by atoms with E-state index in [9.17, 15) is 48.3 Å². The van der Waals surface area contributed by atoms with E-state index in [-0.39, 0.29) is 63.4 Å². The predicted molar refractivity (Wildman–Crippen MR) is 404 cm³/mol. The van der Waals surface area contributed by atoms with Gasteiger partial charge in [-0.2, -0.15) is 0 Å². The van der Waals surface area contributed by atoms with Crippen molar-refractivity contribution in [3.63, 3.8) is 0 Å². The Hall–Kier alpha value is -6.63. The summed E-state index contributed by atoms with van der Waals surface area (Å²) >= 11 is 0. The van der Waals surface area contributed by atoms with Crippen molar-refractivity contribution in [1.29, 1.82) is 0 Å². The molecule has 0 amide bonds. The molecule has 16 rings (SSSR count). The second kappa shape index (κ2) is 35.4. The fourth-order valence-electron chi connectivity index (χ4n) is 20.4. The van der Waals surface area contributed by atoms with Gasteiger partial charge in [0.25, 0.3) is 0 Å². The first-order valence-electron chi connectivity index (χ1n) is 39.6. The number of rotatable bonds is 17. The minimum Gasteiger partial charge on any atom is -0.463 e. The largest absolute Gasteiger partial charge is 0.463 e. The summed E-state index contributed by atoms with van der Waals surface area (Å²) in [4.78, 5) is 103. The Bertz CT molecular complexity index is 3270. The third kappa shape index (κ3) is 21.4. The van der Waals surface area contributed by atoms with Gasteiger partial charge in [-0.3, -0.25) is 0 Å². The molecule has 2 heterocycles. The van der Waals surface area contributed by atoms with E-state index in [0.29, 0.717) is 101 Å². The highest BCUT2D eigenvalue weighted by Crippen LogP contribution is 2.63. The molecule has 0 radical (unpaired) electrons. The van der Waals surface area contributed by atoms with Crippen LogP contribution >= 0.6 is 0 Å². The van der Waals surface area contributed by atoms with Crippen LogP contribution in [0, 0.1) is 71.0 Å². The van der Waals surface area contributed by atoms with E-state index in [1.807, 2.05) is 0 Å². The summed E-state index contributed by atoms with van der Waals surface area (Å²) in [7, 11) is 0. The fraction of sp³-hybridized carbons (Fsp3) is 0.736. The highest BCUT2D eigenvalue weighted by Gasteiger charge is 2.62. The van der Waals surface area contributed by atoms with Crippen LogP contribution in [0.25, 0.3) is 0 Å². The van der Waals surface area contributed by atoms with Crippen LogP contribution in [-0.2, 0) is 85.8 Å². The molecular formula is C87H130O19. The SMILES string of the molecule is C=C(C)C(=O)OC1(C(C)C)C2CC3CC(C2)CC1C3.C=C(C)C(=O)OC1(C(C)C)CCCC1.C=C(C)C(=O)OC1(C)C2CC3CC(C2)CC1C3.C=C(C)C(=O)OC1(CC)CCCC1.C=C(C)C(=O)OC12CC3CC(CC(O)(C3)C1)C2.C=C(C)C(=O)OC1CC(C)(C)OC1=O.C=C(C)C(=O)OC1CCOC1=O. The van der Waals surface area contributed by atoms with Gasteiger partial charge >= 0.3 is 53.7 Å². The smallest absolute Gasteiger partial charge is 0.348 e. The Labute approximate surface area is 633 Å². The van der Waals surface area contributed by atoms with Crippen molar-refractivity contribution in [2.24, 2.45) is 71.0 Å². The molecule has 14 aliphatic carbocycles. The first-order valence-corrected chi connectivity index (χ1v) is 39.6. The number of esters is 9. The second-order valence-electron chi connectivity index (χ2n) is 35.9. The van der Waals surface area contributed by atoms with Crippen molar-refractivity contribution in [2.75, 3.05) is 6.61 Å². The molecule has 0 spiro atoms. The normalized spacial score (nSPS) is 33.6. The molecule has 4 atom stereocenters. The Morgan fingerprint density at radius 2 is 0.821 bits per heavy atom. The quantitative estimate of drug-likeness (QED) is 0.0806. The lowest BCUT2D eigenvalue weighted by Gasteiger charge is -2.61. The molecule has 0 aromatic rings. The van der Waals surface area contributed by atoms with Crippen molar-refractivity contribution in [3.8, 4) is 0 Å². The van der Waals surface area contributed by atoms with Gasteiger partial charge in [0.15, 0.2) is 0 Å². The van der Waals surface area contributed by atoms with Crippen LogP contribution in [0.1, 0.15) is 277 Å². The van der Waals surface area contributed by atoms with Crippen molar-refractivity contribution >= 4 is 53.7 Å². The van der Waals surface area contributed by atoms with Crippen LogP contribution < -0.4 is 0 Å². The van der Waals surface area contributed by atoms with E-state index in [2.05, 4.69) is 92.3 Å². The van der Waals surface area contributed by atoms with E-state index in [1.54, 1.807) is 48.5 Å². The summed E-state index contributed by atoms with van der Waals surface area (Å²) in [5.41, 5.74) is 0.778. The van der Waals surface area contributed by atoms with Crippen LogP contribution in [0.15, 0.2) is 85.1 Å². The maximum atomic E-state index is 12.1. The molecule has 2 aliphatic heterocycles. The fourth-order valence-corrected chi connectivity index (χ4v) is 20.4. The van der Waals surface area contributed by atoms with E-state index < -0.39 is 52.9 Å². The molecule has 14 saturated carbocycles. The summed E-state index contributed by atoms with van der Waals surface area (Å²) in [5.74, 6) is 4.71. The van der Waals surface area contributed by atoms with Gasteiger partial charge in [-0.05, 0) is 294 Å². The minimum atomic E-state index is -0.783. The van der Waals surface area contributed by atoms with Gasteiger partial charge in [-0.15, -0.1) is 0 Å². The molecule has 19 heteroatoms. The van der Waals surface area contributed by atoms with Crippen molar-refractivity contribution in [2.45, 2.75) is 329 Å². The lowest BCUT2D eigenvalue weighted by molar-refractivity contribution is -0.221. The van der Waals surface area contributed by atoms with Gasteiger partial charge in [0.05, 0.1) is 12.2 Å². The number of ether oxygens (including phenoxy) is 9. The lowest BCUT2D eigenvalue weighted by Crippen LogP contribution is -2.62.